The van der Waals surface area contributed by atoms with E-state index in [1.165, 1.54) is 21.9 Å². The smallest absolute Gasteiger partial charge is 0.132 e. The zero-order valence-corrected chi connectivity index (χ0v) is 16.6. The third kappa shape index (κ3) is 3.17. The van der Waals surface area contributed by atoms with E-state index in [2.05, 4.69) is 98.8 Å². The number of rotatable bonds is 3. The minimum Gasteiger partial charge on any atom is -0.232 e. The first-order chi connectivity index (χ1) is 14.2. The number of nitrogens with zero attached hydrogens (tertiary/aromatic N) is 2. The van der Waals surface area contributed by atoms with Crippen LogP contribution in [0.1, 0.15) is 25.6 Å². The highest BCUT2D eigenvalue weighted by Gasteiger charge is 2.14. The van der Waals surface area contributed by atoms with Gasteiger partial charge in [0.1, 0.15) is 5.82 Å². The van der Waals surface area contributed by atoms with Gasteiger partial charge in [0.05, 0.1) is 11.2 Å². The third-order valence-corrected chi connectivity index (χ3v) is 5.39. The van der Waals surface area contributed by atoms with E-state index in [-0.39, 0.29) is 5.92 Å². The Kier molecular flexibility index (Phi) is 4.33. The van der Waals surface area contributed by atoms with Gasteiger partial charge in [0.2, 0.25) is 0 Å². The highest BCUT2D eigenvalue weighted by atomic mass is 14.9. The van der Waals surface area contributed by atoms with E-state index >= 15 is 0 Å². The van der Waals surface area contributed by atoms with Gasteiger partial charge in [-0.05, 0) is 22.6 Å². The molecule has 0 spiro atoms. The SMILES string of the molecule is CC(C)c1nc(-c2ccc(-c3ccccc3)cc2)c2ccc3ccccc3c2n1. The van der Waals surface area contributed by atoms with Crippen molar-refractivity contribution in [2.24, 2.45) is 0 Å². The van der Waals surface area contributed by atoms with Crippen molar-refractivity contribution in [2.45, 2.75) is 19.8 Å². The number of hydrogen-bond donors (Lipinski definition) is 0. The average Bonchev–Trinajstić information content (AvgIpc) is 2.79. The zero-order chi connectivity index (χ0) is 19.8. The number of fused-ring (bicyclic) bond motifs is 3. The second-order valence-electron chi connectivity index (χ2n) is 7.71. The average molecular weight is 374 g/mol. The minimum atomic E-state index is 0.265. The Balaban J connectivity index is 1.72. The summed E-state index contributed by atoms with van der Waals surface area (Å²) in [7, 11) is 0. The first-order valence-electron chi connectivity index (χ1n) is 10.1. The van der Waals surface area contributed by atoms with Gasteiger partial charge in [-0.15, -0.1) is 0 Å². The van der Waals surface area contributed by atoms with Crippen LogP contribution in [-0.4, -0.2) is 9.97 Å². The summed E-state index contributed by atoms with van der Waals surface area (Å²) in [4.78, 5) is 9.91. The molecule has 2 heteroatoms. The fraction of sp³-hybridized carbons (Fsp3) is 0.111. The summed E-state index contributed by atoms with van der Waals surface area (Å²) < 4.78 is 0. The van der Waals surface area contributed by atoms with Crippen LogP contribution in [-0.2, 0) is 0 Å². The highest BCUT2D eigenvalue weighted by Crippen LogP contribution is 2.33. The predicted octanol–water partition coefficient (Wildman–Crippen LogP) is 7.24. The molecule has 0 N–H and O–H groups in total. The van der Waals surface area contributed by atoms with Gasteiger partial charge >= 0.3 is 0 Å². The molecule has 0 radical (unpaired) electrons. The molecule has 0 atom stereocenters. The van der Waals surface area contributed by atoms with Crippen molar-refractivity contribution < 1.29 is 0 Å². The molecule has 0 saturated carbocycles. The lowest BCUT2D eigenvalue weighted by Gasteiger charge is -2.13. The molecule has 0 unspecified atom stereocenters. The van der Waals surface area contributed by atoms with Crippen LogP contribution in [0.25, 0.3) is 44.1 Å². The fourth-order valence-corrected chi connectivity index (χ4v) is 3.81. The van der Waals surface area contributed by atoms with Gasteiger partial charge in [0.15, 0.2) is 0 Å². The summed E-state index contributed by atoms with van der Waals surface area (Å²) in [6.45, 7) is 4.29. The molecule has 0 amide bonds. The molecule has 1 aromatic heterocycles. The van der Waals surface area contributed by atoms with Gasteiger partial charge in [0.25, 0.3) is 0 Å². The summed E-state index contributed by atoms with van der Waals surface area (Å²) in [5.41, 5.74) is 5.59. The second kappa shape index (κ2) is 7.14. The molecule has 0 aliphatic rings. The van der Waals surface area contributed by atoms with Crippen LogP contribution >= 0.6 is 0 Å². The monoisotopic (exact) mass is 374 g/mol. The molecule has 140 valence electrons. The second-order valence-corrected chi connectivity index (χ2v) is 7.71. The van der Waals surface area contributed by atoms with Gasteiger partial charge in [0, 0.05) is 22.3 Å². The first-order valence-corrected chi connectivity index (χ1v) is 10.1. The van der Waals surface area contributed by atoms with Gasteiger partial charge in [-0.2, -0.15) is 0 Å². The largest absolute Gasteiger partial charge is 0.232 e. The van der Waals surface area contributed by atoms with Crippen LogP contribution in [0.4, 0.5) is 0 Å². The maximum Gasteiger partial charge on any atom is 0.132 e. The Hall–Kier alpha value is -3.52. The van der Waals surface area contributed by atoms with Crippen molar-refractivity contribution in [3.8, 4) is 22.4 Å². The lowest BCUT2D eigenvalue weighted by atomic mass is 9.99. The van der Waals surface area contributed by atoms with Crippen molar-refractivity contribution in [1.82, 2.24) is 9.97 Å². The lowest BCUT2D eigenvalue weighted by Crippen LogP contribution is -2.01. The van der Waals surface area contributed by atoms with Gasteiger partial charge in [-0.25, -0.2) is 9.97 Å². The molecular formula is C27H22N2. The van der Waals surface area contributed by atoms with E-state index < -0.39 is 0 Å². The van der Waals surface area contributed by atoms with Crippen LogP contribution in [0, 0.1) is 0 Å². The molecule has 0 saturated heterocycles. The van der Waals surface area contributed by atoms with Gasteiger partial charge in [-0.3, -0.25) is 0 Å². The van der Waals surface area contributed by atoms with E-state index in [1.807, 2.05) is 6.07 Å². The summed E-state index contributed by atoms with van der Waals surface area (Å²) in [6.07, 6.45) is 0. The van der Waals surface area contributed by atoms with Gasteiger partial charge < -0.3 is 0 Å². The van der Waals surface area contributed by atoms with Crippen molar-refractivity contribution in [1.29, 1.82) is 0 Å². The number of aromatic nitrogens is 2. The fourth-order valence-electron chi connectivity index (χ4n) is 3.81. The van der Waals surface area contributed by atoms with E-state index in [4.69, 9.17) is 9.97 Å². The molecule has 0 bridgehead atoms. The normalized spacial score (nSPS) is 11.4. The van der Waals surface area contributed by atoms with E-state index in [0.717, 1.165) is 28.0 Å². The van der Waals surface area contributed by atoms with E-state index in [1.54, 1.807) is 0 Å². The van der Waals surface area contributed by atoms with Crippen LogP contribution in [0.3, 0.4) is 0 Å². The molecule has 5 rings (SSSR count). The van der Waals surface area contributed by atoms with Crippen LogP contribution in [0.15, 0.2) is 91.0 Å². The molecule has 2 nitrogen and oxygen atoms in total. The first kappa shape index (κ1) is 17.6. The third-order valence-electron chi connectivity index (χ3n) is 5.39. The number of hydrogen-bond acceptors (Lipinski definition) is 2. The zero-order valence-electron chi connectivity index (χ0n) is 16.6. The highest BCUT2D eigenvalue weighted by molar-refractivity contribution is 6.09. The number of benzene rings is 4. The Bertz CT molecular complexity index is 1300. The van der Waals surface area contributed by atoms with Crippen LogP contribution < -0.4 is 0 Å². The minimum absolute atomic E-state index is 0.265. The predicted molar refractivity (Wildman–Crippen MR) is 122 cm³/mol. The molecule has 5 aromatic rings. The summed E-state index contributed by atoms with van der Waals surface area (Å²) in [5.74, 6) is 1.15. The molecular weight excluding hydrogens is 352 g/mol. The molecule has 0 aliphatic carbocycles. The molecule has 4 aromatic carbocycles. The topological polar surface area (TPSA) is 25.8 Å². The maximum absolute atomic E-state index is 4.97. The maximum atomic E-state index is 4.97. The molecule has 0 aliphatic heterocycles. The molecule has 29 heavy (non-hydrogen) atoms. The van der Waals surface area contributed by atoms with Crippen molar-refractivity contribution in [3.05, 3.63) is 96.8 Å². The van der Waals surface area contributed by atoms with Crippen molar-refractivity contribution >= 4 is 21.7 Å². The Morgan fingerprint density at radius 2 is 1.21 bits per heavy atom. The summed E-state index contributed by atoms with van der Waals surface area (Å²) in [5, 5.41) is 3.48. The van der Waals surface area contributed by atoms with Gasteiger partial charge in [-0.1, -0.05) is 98.8 Å². The van der Waals surface area contributed by atoms with Crippen LogP contribution in [0.5, 0.6) is 0 Å². The molecule has 0 fully saturated rings. The standard InChI is InChI=1S/C27H22N2/c1-18(2)27-28-25(22-14-12-20(13-15-22)19-8-4-3-5-9-19)24-17-16-21-10-6-7-11-23(21)26(24)29-27/h3-18H,1-2H3. The Morgan fingerprint density at radius 1 is 0.552 bits per heavy atom. The van der Waals surface area contributed by atoms with Crippen molar-refractivity contribution in [3.63, 3.8) is 0 Å². The van der Waals surface area contributed by atoms with E-state index in [0.29, 0.717) is 0 Å². The quantitative estimate of drug-likeness (QED) is 0.311. The van der Waals surface area contributed by atoms with Crippen molar-refractivity contribution in [2.75, 3.05) is 0 Å². The summed E-state index contributed by atoms with van der Waals surface area (Å²) in [6, 6.07) is 31.9. The van der Waals surface area contributed by atoms with E-state index in [9.17, 15) is 0 Å². The Labute approximate surface area is 170 Å². The van der Waals surface area contributed by atoms with Crippen LogP contribution in [0.2, 0.25) is 0 Å². The lowest BCUT2D eigenvalue weighted by molar-refractivity contribution is 0.785. The Morgan fingerprint density at radius 3 is 1.97 bits per heavy atom. The molecule has 1 heterocycles. The summed E-state index contributed by atoms with van der Waals surface area (Å²) >= 11 is 0.